The average molecular weight is 1130 g/mol. The van der Waals surface area contributed by atoms with Crippen molar-refractivity contribution in [1.82, 2.24) is 51.4 Å². The number of hydrogen-bond donors (Lipinski definition) is 8. The molecule has 0 aliphatic carbocycles. The monoisotopic (exact) mass is 1130 g/mol. The predicted octanol–water partition coefficient (Wildman–Crippen LogP) is 10.3. The smallest absolute Gasteiger partial charge is 0.416 e. The van der Waals surface area contributed by atoms with Gasteiger partial charge in [0.15, 0.2) is 24.4 Å². The van der Waals surface area contributed by atoms with Gasteiger partial charge in [-0.05, 0) is 74.2 Å². The number of alkyl halides is 6. The Bertz CT molecular complexity index is 2770. The maximum Gasteiger partial charge on any atom is 0.416 e. The zero-order chi connectivity index (χ0) is 59.3. The van der Waals surface area contributed by atoms with Crippen molar-refractivity contribution < 1.29 is 74.0 Å². The minimum Gasteiger partial charge on any atom is -0.436 e. The van der Waals surface area contributed by atoms with Gasteiger partial charge in [0.25, 0.3) is 23.6 Å². The third kappa shape index (κ3) is 18.1. The molecule has 4 heterocycles. The SMILES string of the molecule is CCCC[C@H](NC(=O)O[C@@H](c1nnc(-c2cc(C)cc(C(F)(F)F)c2)o1)C(C)(C)C)[C@@H](O)C(=O)Nc1ccn[nH]1.CCCC[C@H](NC(=O)O[C@@H](c1nnc(-c2cc(C)cc(C(F)(F)F)c2)o1)C(C)(C)C)[C@H](O)C(=O)Nc1ccn[nH]1. The Kier molecular flexibility index (Phi) is 21.1. The number of H-pyrrole nitrogens is 2. The Morgan fingerprint density at radius 2 is 0.950 bits per heavy atom. The summed E-state index contributed by atoms with van der Waals surface area (Å²) < 4.78 is 102. The molecule has 0 saturated heterocycles. The molecule has 0 aliphatic heterocycles. The lowest BCUT2D eigenvalue weighted by Crippen LogP contribution is -2.49. The molecule has 6 aromatic rings. The summed E-state index contributed by atoms with van der Waals surface area (Å²) in [4.78, 5) is 51.0. The quantitative estimate of drug-likeness (QED) is 0.0330. The number of alkyl carbamates (subject to hydrolysis) is 2. The molecule has 436 valence electrons. The van der Waals surface area contributed by atoms with Crippen molar-refractivity contribution in [2.75, 3.05) is 10.6 Å². The van der Waals surface area contributed by atoms with Crippen molar-refractivity contribution in [3.05, 3.63) is 95.0 Å². The highest BCUT2D eigenvalue weighted by Gasteiger charge is 2.40. The standard InChI is InChI=1S/2C26H33F3N6O5/c2*1-6-7-8-17(19(36)21(37)32-18-9-10-30-33-18)31-24(38)39-20(25(3,4)5)23-35-34-22(40-23)15-11-14(2)12-16(13-15)26(27,28)29/h2*9-13,17,19-20,36H,6-8H2,1-5H3,(H,31,38)(H2,30,32,33,37)/t17-,19+,20-;17-,19-,20-/m00/s1. The van der Waals surface area contributed by atoms with Crippen LogP contribution in [0.1, 0.15) is 140 Å². The van der Waals surface area contributed by atoms with E-state index in [1.54, 1.807) is 41.5 Å². The molecule has 4 amide bonds. The summed E-state index contributed by atoms with van der Waals surface area (Å²) in [6.07, 6.45) is -10.3. The van der Waals surface area contributed by atoms with E-state index in [-0.39, 0.29) is 59.2 Å². The summed E-state index contributed by atoms with van der Waals surface area (Å²) in [7, 11) is 0. The van der Waals surface area contributed by atoms with Crippen LogP contribution < -0.4 is 21.3 Å². The number of halogens is 6. The van der Waals surface area contributed by atoms with Gasteiger partial charge in [-0.1, -0.05) is 81.1 Å². The van der Waals surface area contributed by atoms with Crippen molar-refractivity contribution in [2.45, 2.75) is 157 Å². The Labute approximate surface area is 456 Å². The molecule has 22 nitrogen and oxygen atoms in total. The van der Waals surface area contributed by atoms with Crippen molar-refractivity contribution in [3.63, 3.8) is 0 Å². The lowest BCUT2D eigenvalue weighted by Gasteiger charge is -2.29. The summed E-state index contributed by atoms with van der Waals surface area (Å²) in [5, 5.41) is 59.5. The van der Waals surface area contributed by atoms with E-state index in [4.69, 9.17) is 18.3 Å². The number of aromatic amines is 2. The van der Waals surface area contributed by atoms with Crippen LogP contribution in [0, 0.1) is 24.7 Å². The van der Waals surface area contributed by atoms with Gasteiger partial charge in [-0.3, -0.25) is 19.8 Å². The number of aliphatic hydroxyl groups excluding tert-OH is 2. The minimum atomic E-state index is -4.56. The molecule has 2 aromatic carbocycles. The lowest BCUT2D eigenvalue weighted by atomic mass is 9.89. The molecular weight excluding hydrogens is 1070 g/mol. The van der Waals surface area contributed by atoms with Crippen molar-refractivity contribution >= 4 is 35.6 Å². The third-order valence-corrected chi connectivity index (χ3v) is 11.8. The minimum absolute atomic E-state index is 0.0641. The van der Waals surface area contributed by atoms with Crippen LogP contribution in [0.4, 0.5) is 47.6 Å². The van der Waals surface area contributed by atoms with Crippen LogP contribution in [0.5, 0.6) is 0 Å². The van der Waals surface area contributed by atoms with E-state index < -0.39 is 94.8 Å². The molecule has 0 bridgehead atoms. The van der Waals surface area contributed by atoms with E-state index in [2.05, 4.69) is 62.1 Å². The molecule has 0 saturated carbocycles. The fraction of sp³-hybridized carbons (Fsp3) is 0.500. The van der Waals surface area contributed by atoms with Crippen LogP contribution in [0.3, 0.4) is 0 Å². The van der Waals surface area contributed by atoms with Crippen molar-refractivity contribution in [1.29, 1.82) is 0 Å². The zero-order valence-electron chi connectivity index (χ0n) is 45.6. The number of amides is 4. The number of aliphatic hydroxyl groups is 2. The van der Waals surface area contributed by atoms with E-state index in [9.17, 15) is 55.7 Å². The topological polar surface area (TPSA) is 311 Å². The van der Waals surface area contributed by atoms with Crippen LogP contribution in [0.2, 0.25) is 0 Å². The molecule has 0 aliphatic rings. The molecular formula is C52H66F6N12O10. The van der Waals surface area contributed by atoms with Crippen LogP contribution >= 0.6 is 0 Å². The molecule has 6 atom stereocenters. The number of benzene rings is 2. The lowest BCUT2D eigenvalue weighted by molar-refractivity contribution is -0.138. The van der Waals surface area contributed by atoms with Gasteiger partial charge in [0.2, 0.25) is 11.8 Å². The van der Waals surface area contributed by atoms with Gasteiger partial charge in [0.1, 0.15) is 11.6 Å². The second-order valence-electron chi connectivity index (χ2n) is 21.0. The van der Waals surface area contributed by atoms with Crippen LogP contribution in [0.25, 0.3) is 22.9 Å². The second-order valence-corrected chi connectivity index (χ2v) is 21.0. The first-order valence-corrected chi connectivity index (χ1v) is 25.3. The second kappa shape index (κ2) is 26.9. The molecule has 0 fully saturated rings. The highest BCUT2D eigenvalue weighted by Crippen LogP contribution is 2.40. The van der Waals surface area contributed by atoms with Crippen LogP contribution in [0.15, 0.2) is 69.8 Å². The van der Waals surface area contributed by atoms with Gasteiger partial charge < -0.3 is 49.8 Å². The number of aryl methyl sites for hydroxylation is 2. The van der Waals surface area contributed by atoms with Gasteiger partial charge in [-0.15, -0.1) is 20.4 Å². The average Bonchev–Trinajstić information content (AvgIpc) is 4.23. The number of carbonyl (C=O) groups excluding carboxylic acids is 4. The molecule has 8 N–H and O–H groups in total. The summed E-state index contributed by atoms with van der Waals surface area (Å²) in [6, 6.07) is 7.79. The summed E-state index contributed by atoms with van der Waals surface area (Å²) in [5.74, 6) is -1.56. The largest absolute Gasteiger partial charge is 0.436 e. The number of nitrogens with one attached hydrogen (secondary N) is 6. The summed E-state index contributed by atoms with van der Waals surface area (Å²) >= 11 is 0. The number of anilines is 2. The van der Waals surface area contributed by atoms with Crippen LogP contribution in [-0.2, 0) is 31.4 Å². The Morgan fingerprint density at radius 3 is 1.25 bits per heavy atom. The Morgan fingerprint density at radius 1 is 0.588 bits per heavy atom. The van der Waals surface area contributed by atoms with Gasteiger partial charge in [0.05, 0.1) is 35.6 Å². The number of nitrogens with zero attached hydrogens (tertiary/aromatic N) is 6. The summed E-state index contributed by atoms with van der Waals surface area (Å²) in [6.45, 7) is 17.3. The number of rotatable bonds is 20. The normalized spacial score (nSPS) is 14.3. The zero-order valence-corrected chi connectivity index (χ0v) is 45.6. The Hall–Kier alpha value is -7.88. The number of carbonyl (C=O) groups is 4. The number of aromatic nitrogens is 8. The molecule has 80 heavy (non-hydrogen) atoms. The molecule has 6 rings (SSSR count). The van der Waals surface area contributed by atoms with E-state index in [1.165, 1.54) is 50.5 Å². The number of unbranched alkanes of at least 4 members (excludes halogenated alkanes) is 2. The highest BCUT2D eigenvalue weighted by molar-refractivity contribution is 5.94. The number of ether oxygens (including phenoxy) is 2. The van der Waals surface area contributed by atoms with E-state index in [0.717, 1.165) is 37.1 Å². The first-order chi connectivity index (χ1) is 37.4. The van der Waals surface area contributed by atoms with Gasteiger partial charge in [-0.2, -0.15) is 36.5 Å². The Balaban J connectivity index is 0.000000294. The highest BCUT2D eigenvalue weighted by atomic mass is 19.4. The van der Waals surface area contributed by atoms with Crippen molar-refractivity contribution in [2.24, 2.45) is 10.8 Å². The van der Waals surface area contributed by atoms with E-state index in [1.807, 2.05) is 13.8 Å². The maximum atomic E-state index is 13.3. The molecule has 0 radical (unpaired) electrons. The number of hydrogen-bond acceptors (Lipinski definition) is 16. The van der Waals surface area contributed by atoms with E-state index >= 15 is 0 Å². The molecule has 0 spiro atoms. The summed E-state index contributed by atoms with van der Waals surface area (Å²) in [5.41, 5.74) is -2.46. The maximum absolute atomic E-state index is 13.3. The van der Waals surface area contributed by atoms with Gasteiger partial charge in [-0.25, -0.2) is 9.59 Å². The fourth-order valence-corrected chi connectivity index (χ4v) is 7.73. The first kappa shape index (κ1) is 63.0. The first-order valence-electron chi connectivity index (χ1n) is 25.3. The van der Waals surface area contributed by atoms with Gasteiger partial charge in [0, 0.05) is 34.1 Å². The third-order valence-electron chi connectivity index (χ3n) is 11.8. The van der Waals surface area contributed by atoms with Crippen LogP contribution in [-0.4, -0.2) is 99.3 Å². The fourth-order valence-electron chi connectivity index (χ4n) is 7.73. The molecule has 0 unspecified atom stereocenters. The molecule has 4 aromatic heterocycles. The van der Waals surface area contributed by atoms with Crippen molar-refractivity contribution in [3.8, 4) is 22.9 Å². The van der Waals surface area contributed by atoms with E-state index in [0.29, 0.717) is 24.0 Å². The predicted molar refractivity (Wildman–Crippen MR) is 276 cm³/mol. The van der Waals surface area contributed by atoms with Gasteiger partial charge >= 0.3 is 24.5 Å². The molecule has 28 heteroatoms.